The summed E-state index contributed by atoms with van der Waals surface area (Å²) in [6.07, 6.45) is 3.64. The largest absolute Gasteiger partial charge is 0.264 e. The molecule has 3 heterocycles. The third kappa shape index (κ3) is 6.92. The number of rotatable bonds is 8. The maximum Gasteiger partial charge on any atom is 0.164 e. The lowest BCUT2D eigenvalue weighted by Gasteiger charge is -2.11. The van der Waals surface area contributed by atoms with Crippen LogP contribution in [0.2, 0.25) is 0 Å². The van der Waals surface area contributed by atoms with E-state index in [-0.39, 0.29) is 0 Å². The summed E-state index contributed by atoms with van der Waals surface area (Å²) in [5.41, 5.74) is 11.8. The van der Waals surface area contributed by atoms with Gasteiger partial charge in [-0.15, -0.1) is 0 Å². The molecule has 6 nitrogen and oxygen atoms in total. The van der Waals surface area contributed by atoms with E-state index in [0.717, 1.165) is 67.0 Å². The highest BCUT2D eigenvalue weighted by Crippen LogP contribution is 2.32. The fourth-order valence-electron chi connectivity index (χ4n) is 6.43. The Morgan fingerprint density at radius 1 is 0.241 bits per heavy atom. The van der Waals surface area contributed by atoms with Gasteiger partial charge in [-0.25, -0.2) is 24.9 Å². The van der Waals surface area contributed by atoms with Crippen LogP contribution in [0.5, 0.6) is 0 Å². The Labute approximate surface area is 313 Å². The van der Waals surface area contributed by atoms with Crippen LogP contribution in [0.1, 0.15) is 0 Å². The van der Waals surface area contributed by atoms with E-state index >= 15 is 0 Å². The molecule has 0 atom stereocenters. The molecular weight excluding hydrogens is 661 g/mol. The van der Waals surface area contributed by atoms with Crippen LogP contribution in [0.25, 0.3) is 90.3 Å². The second kappa shape index (κ2) is 14.7. The highest BCUT2D eigenvalue weighted by atomic mass is 15.0. The van der Waals surface area contributed by atoms with Crippen LogP contribution in [0, 0.1) is 0 Å². The lowest BCUT2D eigenvalue weighted by atomic mass is 9.99. The molecule has 0 saturated heterocycles. The molecule has 0 unspecified atom stereocenters. The van der Waals surface area contributed by atoms with Gasteiger partial charge >= 0.3 is 0 Å². The van der Waals surface area contributed by atoms with Crippen molar-refractivity contribution in [3.63, 3.8) is 0 Å². The first-order valence-electron chi connectivity index (χ1n) is 17.8. The molecule has 6 aromatic carbocycles. The number of nitrogens with zero attached hydrogens (tertiary/aromatic N) is 6. The van der Waals surface area contributed by atoms with Gasteiger partial charge in [-0.1, -0.05) is 164 Å². The van der Waals surface area contributed by atoms with Gasteiger partial charge in [-0.3, -0.25) is 4.98 Å². The van der Waals surface area contributed by atoms with Crippen LogP contribution in [0.4, 0.5) is 0 Å². The van der Waals surface area contributed by atoms with Crippen LogP contribution in [-0.2, 0) is 0 Å². The fraction of sp³-hybridized carbons (Fsp3) is 0. The second-order valence-electron chi connectivity index (χ2n) is 12.8. The summed E-state index contributed by atoms with van der Waals surface area (Å²) in [7, 11) is 0. The van der Waals surface area contributed by atoms with Crippen LogP contribution >= 0.6 is 0 Å². The molecule has 0 radical (unpaired) electrons. The Balaban J connectivity index is 1.06. The summed E-state index contributed by atoms with van der Waals surface area (Å²) >= 11 is 0. The summed E-state index contributed by atoms with van der Waals surface area (Å²) < 4.78 is 0. The smallest absolute Gasteiger partial charge is 0.164 e. The normalized spacial score (nSPS) is 11.0. The zero-order chi connectivity index (χ0) is 36.1. The summed E-state index contributed by atoms with van der Waals surface area (Å²) in [5, 5.41) is 0. The second-order valence-corrected chi connectivity index (χ2v) is 12.8. The van der Waals surface area contributed by atoms with E-state index in [1.807, 2.05) is 91.1 Å². The van der Waals surface area contributed by atoms with E-state index in [0.29, 0.717) is 23.3 Å². The molecule has 0 spiro atoms. The first kappa shape index (κ1) is 32.5. The van der Waals surface area contributed by atoms with Gasteiger partial charge in [0.25, 0.3) is 0 Å². The zero-order valence-electron chi connectivity index (χ0n) is 29.2. The average Bonchev–Trinajstić information content (AvgIpc) is 3.27. The first-order chi connectivity index (χ1) is 26.7. The maximum absolute atomic E-state index is 5.04. The molecule has 0 bridgehead atoms. The van der Waals surface area contributed by atoms with Crippen LogP contribution in [0.3, 0.4) is 0 Å². The summed E-state index contributed by atoms with van der Waals surface area (Å²) in [4.78, 5) is 29.1. The van der Waals surface area contributed by atoms with E-state index < -0.39 is 0 Å². The summed E-state index contributed by atoms with van der Waals surface area (Å²) in [5.74, 6) is 2.54. The van der Waals surface area contributed by atoms with E-state index in [2.05, 4.69) is 102 Å². The molecule has 0 fully saturated rings. The van der Waals surface area contributed by atoms with Crippen molar-refractivity contribution in [1.82, 2.24) is 29.9 Å². The van der Waals surface area contributed by atoms with Crippen molar-refractivity contribution < 1.29 is 0 Å². The van der Waals surface area contributed by atoms with Gasteiger partial charge in [0.1, 0.15) is 0 Å². The molecule has 9 rings (SSSR count). The SMILES string of the molecule is c1ccc(-c2cc(-c3cccc(-c4ccc(-c5nc(-c6ccccc6)nc(-c6ccc(-c7cccnc7)cc6)n5)cc4)c3)nc(-c3ccccc3)n2)cc1. The number of aromatic nitrogens is 6. The number of benzene rings is 6. The molecule has 54 heavy (non-hydrogen) atoms. The van der Waals surface area contributed by atoms with Crippen molar-refractivity contribution in [3.05, 3.63) is 194 Å². The van der Waals surface area contributed by atoms with Crippen LogP contribution in [-0.4, -0.2) is 29.9 Å². The van der Waals surface area contributed by atoms with Crippen molar-refractivity contribution in [3.8, 4) is 90.3 Å². The summed E-state index contributed by atoms with van der Waals surface area (Å²) in [6.45, 7) is 0. The average molecular weight is 693 g/mol. The van der Waals surface area contributed by atoms with E-state index in [9.17, 15) is 0 Å². The molecule has 254 valence electrons. The Morgan fingerprint density at radius 2 is 0.630 bits per heavy atom. The molecule has 0 aliphatic carbocycles. The summed E-state index contributed by atoms with van der Waals surface area (Å²) in [6, 6.07) is 61.6. The molecular formula is C48H32N6. The lowest BCUT2D eigenvalue weighted by Crippen LogP contribution is -2.00. The monoisotopic (exact) mass is 692 g/mol. The number of pyridine rings is 1. The third-order valence-corrected chi connectivity index (χ3v) is 9.27. The van der Waals surface area contributed by atoms with Crippen LogP contribution in [0.15, 0.2) is 194 Å². The Bertz CT molecular complexity index is 2610. The van der Waals surface area contributed by atoms with Gasteiger partial charge in [-0.05, 0) is 40.5 Å². The minimum absolute atomic E-state index is 0.610. The van der Waals surface area contributed by atoms with E-state index in [1.54, 1.807) is 6.20 Å². The van der Waals surface area contributed by atoms with Crippen molar-refractivity contribution in [2.24, 2.45) is 0 Å². The van der Waals surface area contributed by atoms with Gasteiger partial charge in [0, 0.05) is 45.8 Å². The molecule has 3 aromatic heterocycles. The molecule has 0 aliphatic rings. The Kier molecular flexibility index (Phi) is 8.81. The van der Waals surface area contributed by atoms with E-state index in [1.165, 1.54) is 0 Å². The predicted molar refractivity (Wildman–Crippen MR) is 217 cm³/mol. The highest BCUT2D eigenvalue weighted by Gasteiger charge is 2.14. The topological polar surface area (TPSA) is 77.3 Å². The van der Waals surface area contributed by atoms with Gasteiger partial charge < -0.3 is 0 Å². The van der Waals surface area contributed by atoms with Crippen molar-refractivity contribution in [2.45, 2.75) is 0 Å². The third-order valence-electron chi connectivity index (χ3n) is 9.27. The Morgan fingerprint density at radius 3 is 1.15 bits per heavy atom. The first-order valence-corrected chi connectivity index (χ1v) is 17.8. The quantitative estimate of drug-likeness (QED) is 0.158. The van der Waals surface area contributed by atoms with Gasteiger partial charge in [0.2, 0.25) is 0 Å². The molecule has 0 N–H and O–H groups in total. The van der Waals surface area contributed by atoms with Gasteiger partial charge in [-0.2, -0.15) is 0 Å². The lowest BCUT2D eigenvalue weighted by molar-refractivity contribution is 1.07. The molecule has 6 heteroatoms. The van der Waals surface area contributed by atoms with Crippen molar-refractivity contribution >= 4 is 0 Å². The predicted octanol–water partition coefficient (Wildman–Crippen LogP) is 11.4. The molecule has 0 saturated carbocycles. The maximum atomic E-state index is 5.04. The van der Waals surface area contributed by atoms with Crippen LogP contribution < -0.4 is 0 Å². The standard InChI is InChI=1S/C48H32N6/c1-4-12-35(13-5-1)43-31-44(51-45(50-43)36-14-6-2-7-15-36)41-19-10-18-40(30-41)33-21-25-38(26-22-33)47-52-46(37-16-8-3-9-17-37)53-48(54-47)39-27-23-34(24-28-39)42-20-11-29-49-32-42/h1-32H. The number of hydrogen-bond acceptors (Lipinski definition) is 6. The fourth-order valence-corrected chi connectivity index (χ4v) is 6.43. The number of hydrogen-bond donors (Lipinski definition) is 0. The Hall–Kier alpha value is -7.44. The molecule has 0 aliphatic heterocycles. The van der Waals surface area contributed by atoms with Gasteiger partial charge in [0.05, 0.1) is 11.4 Å². The highest BCUT2D eigenvalue weighted by molar-refractivity contribution is 5.77. The molecule has 9 aromatic rings. The minimum Gasteiger partial charge on any atom is -0.264 e. The van der Waals surface area contributed by atoms with Crippen molar-refractivity contribution in [1.29, 1.82) is 0 Å². The zero-order valence-corrected chi connectivity index (χ0v) is 29.2. The molecule has 0 amide bonds. The minimum atomic E-state index is 0.610. The van der Waals surface area contributed by atoms with E-state index in [4.69, 9.17) is 24.9 Å². The van der Waals surface area contributed by atoms with Gasteiger partial charge in [0.15, 0.2) is 23.3 Å². The van der Waals surface area contributed by atoms with Crippen molar-refractivity contribution in [2.75, 3.05) is 0 Å².